The minimum absolute atomic E-state index is 0.167. The lowest BCUT2D eigenvalue weighted by atomic mass is 10.1. The molecule has 1 heterocycles. The quantitative estimate of drug-likeness (QED) is 0.512. The Bertz CT molecular complexity index is 923. The summed E-state index contributed by atoms with van der Waals surface area (Å²) in [5.41, 5.74) is 1.85. The summed E-state index contributed by atoms with van der Waals surface area (Å²) in [6.45, 7) is 1.41. The summed E-state index contributed by atoms with van der Waals surface area (Å²) in [5.74, 6) is -0.322. The van der Waals surface area contributed by atoms with Crippen LogP contribution in [0.4, 0.5) is 5.82 Å². The van der Waals surface area contributed by atoms with Crippen LogP contribution in [0.5, 0.6) is 0 Å². The van der Waals surface area contributed by atoms with E-state index in [0.29, 0.717) is 12.2 Å². The van der Waals surface area contributed by atoms with E-state index in [9.17, 15) is 9.59 Å². The Morgan fingerprint density at radius 3 is 2.30 bits per heavy atom. The third-order valence-corrected chi connectivity index (χ3v) is 4.08. The maximum Gasteiger partial charge on any atom is 0.328 e. The molecule has 3 rings (SSSR count). The average molecular weight is 364 g/mol. The van der Waals surface area contributed by atoms with E-state index in [1.165, 1.54) is 18.7 Å². The molecule has 1 N–H and O–H groups in total. The van der Waals surface area contributed by atoms with Crippen molar-refractivity contribution in [1.82, 2.24) is 15.0 Å². The van der Waals surface area contributed by atoms with Crippen molar-refractivity contribution in [1.29, 1.82) is 0 Å². The van der Waals surface area contributed by atoms with E-state index in [1.807, 2.05) is 60.7 Å². The van der Waals surface area contributed by atoms with E-state index in [1.54, 1.807) is 0 Å². The second-order valence-corrected chi connectivity index (χ2v) is 6.00. The molecule has 0 saturated carbocycles. The molecule has 7 heteroatoms. The number of nitrogens with one attached hydrogen (secondary N) is 1. The van der Waals surface area contributed by atoms with Crippen molar-refractivity contribution in [2.45, 2.75) is 19.4 Å². The first-order valence-electron chi connectivity index (χ1n) is 8.50. The molecule has 0 amide bonds. The molecule has 27 heavy (non-hydrogen) atoms. The van der Waals surface area contributed by atoms with Gasteiger partial charge in [0.25, 0.3) is 0 Å². The fourth-order valence-electron chi connectivity index (χ4n) is 2.75. The topological polar surface area (TPSA) is 86.1 Å². The van der Waals surface area contributed by atoms with Crippen LogP contribution in [0.1, 0.15) is 23.0 Å². The van der Waals surface area contributed by atoms with Gasteiger partial charge in [0.2, 0.25) is 0 Å². The highest BCUT2D eigenvalue weighted by molar-refractivity contribution is 5.97. The molecule has 0 bridgehead atoms. The Labute approximate surface area is 157 Å². The van der Waals surface area contributed by atoms with Gasteiger partial charge in [-0.1, -0.05) is 53.7 Å². The minimum atomic E-state index is -0.698. The first-order chi connectivity index (χ1) is 13.1. The first kappa shape index (κ1) is 18.3. The number of Topliss-reactive ketones (excluding diaryl/α,β-unsaturated/α-hetero) is 1. The third-order valence-electron chi connectivity index (χ3n) is 4.08. The summed E-state index contributed by atoms with van der Waals surface area (Å²) in [4.78, 5) is 24.4. The fourth-order valence-corrected chi connectivity index (χ4v) is 2.75. The molecule has 138 valence electrons. The molecule has 3 aromatic rings. The monoisotopic (exact) mass is 364 g/mol. The molecule has 7 nitrogen and oxygen atoms in total. The number of nitrogens with zero attached hydrogens (tertiary/aromatic N) is 3. The maximum absolute atomic E-state index is 12.4. The van der Waals surface area contributed by atoms with Crippen LogP contribution in [-0.4, -0.2) is 39.9 Å². The molecule has 0 aliphatic heterocycles. The van der Waals surface area contributed by atoms with Gasteiger partial charge in [0.05, 0.1) is 12.8 Å². The van der Waals surface area contributed by atoms with E-state index in [-0.39, 0.29) is 11.5 Å². The lowest BCUT2D eigenvalue weighted by Crippen LogP contribution is -2.34. The molecule has 0 saturated heterocycles. The van der Waals surface area contributed by atoms with Crippen molar-refractivity contribution in [3.05, 3.63) is 71.9 Å². The van der Waals surface area contributed by atoms with Crippen LogP contribution in [0.25, 0.3) is 5.69 Å². The number of ketones is 1. The van der Waals surface area contributed by atoms with Crippen molar-refractivity contribution in [2.75, 3.05) is 12.4 Å². The van der Waals surface area contributed by atoms with Crippen LogP contribution >= 0.6 is 0 Å². The highest BCUT2D eigenvalue weighted by Crippen LogP contribution is 2.21. The molecular formula is C20H20N4O3. The number of esters is 1. The Balaban J connectivity index is 1.98. The predicted molar refractivity (Wildman–Crippen MR) is 101 cm³/mol. The molecule has 2 aromatic carbocycles. The first-order valence-corrected chi connectivity index (χ1v) is 8.50. The third kappa shape index (κ3) is 4.20. The number of hydrogen-bond donors (Lipinski definition) is 1. The smallest absolute Gasteiger partial charge is 0.328 e. The molecular weight excluding hydrogens is 344 g/mol. The Morgan fingerprint density at radius 2 is 1.70 bits per heavy atom. The number of carbonyl (C=O) groups excluding carboxylic acids is 2. The van der Waals surface area contributed by atoms with E-state index in [2.05, 4.69) is 15.6 Å². The van der Waals surface area contributed by atoms with Crippen molar-refractivity contribution < 1.29 is 14.3 Å². The standard InChI is InChI=1S/C20H20N4O3/c1-14(25)18-19(24(23-22-18)16-11-7-4-8-12-16)21-17(20(26)27-2)13-15-9-5-3-6-10-15/h3-12,17,21H,13H2,1-2H3. The second kappa shape index (κ2) is 8.27. The molecule has 0 aliphatic rings. The summed E-state index contributed by atoms with van der Waals surface area (Å²) >= 11 is 0. The average Bonchev–Trinajstić information content (AvgIpc) is 3.12. The van der Waals surface area contributed by atoms with Crippen molar-refractivity contribution in [3.8, 4) is 5.69 Å². The van der Waals surface area contributed by atoms with Gasteiger partial charge in [0, 0.05) is 13.3 Å². The Kier molecular flexibility index (Phi) is 5.61. The SMILES string of the molecule is COC(=O)C(Cc1ccccc1)Nc1c(C(C)=O)nnn1-c1ccccc1. The Morgan fingerprint density at radius 1 is 1.07 bits per heavy atom. The summed E-state index contributed by atoms with van der Waals surface area (Å²) in [6, 6.07) is 18.1. The lowest BCUT2D eigenvalue weighted by molar-refractivity contribution is -0.141. The summed E-state index contributed by atoms with van der Waals surface area (Å²) in [6.07, 6.45) is 0.394. The normalized spacial score (nSPS) is 11.6. The molecule has 0 aliphatic carbocycles. The van der Waals surface area contributed by atoms with Crippen LogP contribution in [0.15, 0.2) is 60.7 Å². The van der Waals surface area contributed by atoms with E-state index in [4.69, 9.17) is 4.74 Å². The lowest BCUT2D eigenvalue weighted by Gasteiger charge is -2.19. The van der Waals surface area contributed by atoms with Crippen LogP contribution in [0, 0.1) is 0 Å². The van der Waals surface area contributed by atoms with Crippen molar-refractivity contribution >= 4 is 17.6 Å². The van der Waals surface area contributed by atoms with Crippen LogP contribution in [-0.2, 0) is 16.0 Å². The van der Waals surface area contributed by atoms with Crippen LogP contribution in [0.3, 0.4) is 0 Å². The summed E-state index contributed by atoms with van der Waals surface area (Å²) < 4.78 is 6.45. The highest BCUT2D eigenvalue weighted by Gasteiger charge is 2.25. The maximum atomic E-state index is 12.4. The van der Waals surface area contributed by atoms with Gasteiger partial charge in [-0.25, -0.2) is 4.79 Å². The number of hydrogen-bond acceptors (Lipinski definition) is 6. The fraction of sp³-hybridized carbons (Fsp3) is 0.200. The molecule has 1 unspecified atom stereocenters. The summed E-state index contributed by atoms with van der Waals surface area (Å²) in [7, 11) is 1.33. The van der Waals surface area contributed by atoms with Gasteiger partial charge in [-0.05, 0) is 17.7 Å². The number of rotatable bonds is 7. The van der Waals surface area contributed by atoms with E-state index in [0.717, 1.165) is 11.3 Å². The largest absolute Gasteiger partial charge is 0.467 e. The van der Waals surface area contributed by atoms with Gasteiger partial charge < -0.3 is 10.1 Å². The van der Waals surface area contributed by atoms with Gasteiger partial charge >= 0.3 is 5.97 Å². The van der Waals surface area contributed by atoms with E-state index < -0.39 is 12.0 Å². The number of aromatic nitrogens is 3. The number of benzene rings is 2. The Hall–Kier alpha value is -3.48. The molecule has 1 atom stereocenters. The molecule has 0 radical (unpaired) electrons. The zero-order valence-corrected chi connectivity index (χ0v) is 15.1. The molecule has 0 spiro atoms. The minimum Gasteiger partial charge on any atom is -0.467 e. The molecule has 1 aromatic heterocycles. The zero-order chi connectivity index (χ0) is 19.2. The van der Waals surface area contributed by atoms with Gasteiger partial charge in [-0.15, -0.1) is 5.10 Å². The number of ether oxygens (including phenoxy) is 1. The van der Waals surface area contributed by atoms with Gasteiger partial charge in [0.1, 0.15) is 6.04 Å². The predicted octanol–water partition coefficient (Wildman–Crippen LogP) is 2.67. The van der Waals surface area contributed by atoms with Gasteiger partial charge in [-0.2, -0.15) is 4.68 Å². The number of methoxy groups -OCH3 is 1. The number of para-hydroxylation sites is 1. The summed E-state index contributed by atoms with van der Waals surface area (Å²) in [5, 5.41) is 11.2. The molecule has 0 fully saturated rings. The number of carbonyl (C=O) groups is 2. The van der Waals surface area contributed by atoms with Crippen LogP contribution < -0.4 is 5.32 Å². The van der Waals surface area contributed by atoms with Crippen molar-refractivity contribution in [2.24, 2.45) is 0 Å². The van der Waals surface area contributed by atoms with Gasteiger partial charge in [0.15, 0.2) is 17.3 Å². The highest BCUT2D eigenvalue weighted by atomic mass is 16.5. The number of anilines is 1. The van der Waals surface area contributed by atoms with Crippen molar-refractivity contribution in [3.63, 3.8) is 0 Å². The van der Waals surface area contributed by atoms with Gasteiger partial charge in [-0.3, -0.25) is 4.79 Å². The zero-order valence-electron chi connectivity index (χ0n) is 15.1. The second-order valence-electron chi connectivity index (χ2n) is 6.00. The van der Waals surface area contributed by atoms with E-state index >= 15 is 0 Å². The van der Waals surface area contributed by atoms with Crippen LogP contribution in [0.2, 0.25) is 0 Å².